The van der Waals surface area contributed by atoms with Crippen molar-refractivity contribution in [2.45, 2.75) is 6.54 Å². The topological polar surface area (TPSA) is 41.2 Å². The maximum absolute atomic E-state index is 5.75. The number of hydrogen-bond acceptors (Lipinski definition) is 3. The van der Waals surface area contributed by atoms with Gasteiger partial charge in [-0.1, -0.05) is 30.3 Å². The average molecular weight is 251 g/mol. The van der Waals surface area contributed by atoms with E-state index in [-0.39, 0.29) is 0 Å². The largest absolute Gasteiger partial charge is 0.473 e. The molecule has 0 saturated heterocycles. The monoisotopic (exact) mass is 251 g/mol. The zero-order valence-corrected chi connectivity index (χ0v) is 10.3. The zero-order chi connectivity index (χ0) is 12.7. The van der Waals surface area contributed by atoms with Crippen LogP contribution in [-0.2, 0) is 6.54 Å². The molecule has 4 rings (SSSR count). The van der Waals surface area contributed by atoms with Gasteiger partial charge in [0.1, 0.15) is 5.75 Å². The third-order valence-electron chi connectivity index (χ3n) is 3.39. The van der Waals surface area contributed by atoms with Crippen LogP contribution in [0.25, 0.3) is 11.0 Å². The number of para-hydroxylation sites is 3. The average Bonchev–Trinajstić information content (AvgIpc) is 2.90. The van der Waals surface area contributed by atoms with Crippen LogP contribution in [0.1, 0.15) is 5.56 Å². The Hall–Kier alpha value is -2.49. The molecule has 0 radical (unpaired) electrons. The van der Waals surface area contributed by atoms with Gasteiger partial charge in [-0.3, -0.25) is 0 Å². The Morgan fingerprint density at radius 1 is 1.05 bits per heavy atom. The fourth-order valence-electron chi connectivity index (χ4n) is 2.40. The minimum absolute atomic E-state index is 0.525. The van der Waals surface area contributed by atoms with Gasteiger partial charge < -0.3 is 14.6 Å². The second kappa shape index (κ2) is 4.02. The summed E-state index contributed by atoms with van der Waals surface area (Å²) >= 11 is 0. The SMILES string of the molecule is c1ccc2c(c1)CN(c1nc3ccccc3[nH]1)CO2. The predicted molar refractivity (Wildman–Crippen MR) is 74.2 cm³/mol. The molecule has 2 aromatic carbocycles. The summed E-state index contributed by atoms with van der Waals surface area (Å²) in [5.41, 5.74) is 3.22. The summed E-state index contributed by atoms with van der Waals surface area (Å²) in [5.74, 6) is 1.82. The number of fused-ring (bicyclic) bond motifs is 2. The van der Waals surface area contributed by atoms with Crippen molar-refractivity contribution in [1.82, 2.24) is 9.97 Å². The van der Waals surface area contributed by atoms with Crippen LogP contribution < -0.4 is 9.64 Å². The normalized spacial score (nSPS) is 14.2. The molecule has 4 heteroatoms. The number of imidazole rings is 1. The molecule has 1 aliphatic rings. The number of ether oxygens (including phenoxy) is 1. The van der Waals surface area contributed by atoms with Crippen molar-refractivity contribution in [1.29, 1.82) is 0 Å². The molecule has 19 heavy (non-hydrogen) atoms. The summed E-state index contributed by atoms with van der Waals surface area (Å²) in [7, 11) is 0. The van der Waals surface area contributed by atoms with Gasteiger partial charge in [-0.05, 0) is 18.2 Å². The fraction of sp³-hybridized carbons (Fsp3) is 0.133. The van der Waals surface area contributed by atoms with E-state index in [1.807, 2.05) is 42.5 Å². The summed E-state index contributed by atoms with van der Waals surface area (Å²) < 4.78 is 5.75. The molecular weight excluding hydrogens is 238 g/mol. The van der Waals surface area contributed by atoms with Crippen LogP contribution in [0.3, 0.4) is 0 Å². The molecule has 0 aliphatic carbocycles. The molecule has 1 aliphatic heterocycles. The van der Waals surface area contributed by atoms with Gasteiger partial charge in [-0.15, -0.1) is 0 Å². The van der Waals surface area contributed by atoms with Gasteiger partial charge in [0, 0.05) is 5.56 Å². The van der Waals surface area contributed by atoms with E-state index in [0.29, 0.717) is 6.73 Å². The van der Waals surface area contributed by atoms with Gasteiger partial charge in [0.2, 0.25) is 5.95 Å². The van der Waals surface area contributed by atoms with Crippen molar-refractivity contribution in [2.75, 3.05) is 11.6 Å². The van der Waals surface area contributed by atoms with E-state index in [9.17, 15) is 0 Å². The summed E-state index contributed by atoms with van der Waals surface area (Å²) in [6.07, 6.45) is 0. The van der Waals surface area contributed by atoms with Crippen LogP contribution in [0, 0.1) is 0 Å². The molecule has 0 unspecified atom stereocenters. The lowest BCUT2D eigenvalue weighted by Crippen LogP contribution is -2.32. The van der Waals surface area contributed by atoms with E-state index in [2.05, 4.69) is 20.9 Å². The van der Waals surface area contributed by atoms with Crippen LogP contribution in [-0.4, -0.2) is 16.7 Å². The van der Waals surface area contributed by atoms with Gasteiger partial charge >= 0.3 is 0 Å². The van der Waals surface area contributed by atoms with E-state index in [1.54, 1.807) is 0 Å². The third kappa shape index (κ3) is 1.73. The first-order chi connectivity index (χ1) is 9.40. The quantitative estimate of drug-likeness (QED) is 0.723. The molecule has 3 aromatic rings. The van der Waals surface area contributed by atoms with E-state index in [0.717, 1.165) is 29.3 Å². The molecule has 1 aromatic heterocycles. The highest BCUT2D eigenvalue weighted by molar-refractivity contribution is 5.77. The van der Waals surface area contributed by atoms with Crippen LogP contribution in [0.15, 0.2) is 48.5 Å². The lowest BCUT2D eigenvalue weighted by atomic mass is 10.2. The Balaban J connectivity index is 1.70. The van der Waals surface area contributed by atoms with Crippen LogP contribution in [0.4, 0.5) is 5.95 Å². The number of anilines is 1. The van der Waals surface area contributed by atoms with Crippen molar-refractivity contribution < 1.29 is 4.74 Å². The molecule has 0 spiro atoms. The summed E-state index contributed by atoms with van der Waals surface area (Å²) in [6, 6.07) is 16.2. The molecule has 1 N–H and O–H groups in total. The minimum atomic E-state index is 0.525. The molecule has 0 saturated carbocycles. The van der Waals surface area contributed by atoms with E-state index in [4.69, 9.17) is 4.74 Å². The molecule has 0 fully saturated rings. The molecule has 0 bridgehead atoms. The highest BCUT2D eigenvalue weighted by atomic mass is 16.5. The second-order valence-corrected chi connectivity index (χ2v) is 4.66. The number of aromatic amines is 1. The van der Waals surface area contributed by atoms with Gasteiger partial charge in [-0.2, -0.15) is 0 Å². The van der Waals surface area contributed by atoms with Gasteiger partial charge in [-0.25, -0.2) is 4.98 Å². The second-order valence-electron chi connectivity index (χ2n) is 4.66. The van der Waals surface area contributed by atoms with Gasteiger partial charge in [0.25, 0.3) is 0 Å². The van der Waals surface area contributed by atoms with Crippen LogP contribution in [0.5, 0.6) is 5.75 Å². The van der Waals surface area contributed by atoms with E-state index in [1.165, 1.54) is 5.56 Å². The third-order valence-corrected chi connectivity index (χ3v) is 3.39. The van der Waals surface area contributed by atoms with Crippen LogP contribution in [0.2, 0.25) is 0 Å². The molecule has 4 nitrogen and oxygen atoms in total. The first kappa shape index (κ1) is 10.4. The minimum Gasteiger partial charge on any atom is -0.473 e. The maximum Gasteiger partial charge on any atom is 0.206 e. The number of benzene rings is 2. The van der Waals surface area contributed by atoms with Gasteiger partial charge in [0.05, 0.1) is 17.6 Å². The van der Waals surface area contributed by atoms with Crippen LogP contribution >= 0.6 is 0 Å². The number of nitrogens with one attached hydrogen (secondary N) is 1. The lowest BCUT2D eigenvalue weighted by molar-refractivity contribution is 0.287. The van der Waals surface area contributed by atoms with Crippen molar-refractivity contribution >= 4 is 17.0 Å². The number of hydrogen-bond donors (Lipinski definition) is 1. The highest BCUT2D eigenvalue weighted by Crippen LogP contribution is 2.27. The zero-order valence-electron chi connectivity index (χ0n) is 10.3. The molecule has 0 atom stereocenters. The molecular formula is C15H13N3O. The standard InChI is InChI=1S/C15H13N3O/c1-4-8-14-11(5-1)9-18(10-19-14)15-16-12-6-2-3-7-13(12)17-15/h1-8H,9-10H2,(H,16,17). The van der Waals surface area contributed by atoms with Crippen molar-refractivity contribution in [3.8, 4) is 5.75 Å². The molecule has 94 valence electrons. The Bertz CT molecular complexity index is 702. The van der Waals surface area contributed by atoms with E-state index >= 15 is 0 Å². The maximum atomic E-state index is 5.75. The number of nitrogens with zero attached hydrogens (tertiary/aromatic N) is 2. The van der Waals surface area contributed by atoms with Crippen molar-refractivity contribution in [3.05, 3.63) is 54.1 Å². The predicted octanol–water partition coefficient (Wildman–Crippen LogP) is 2.92. The van der Waals surface area contributed by atoms with E-state index < -0.39 is 0 Å². The highest BCUT2D eigenvalue weighted by Gasteiger charge is 2.19. The van der Waals surface area contributed by atoms with Crippen molar-refractivity contribution in [3.63, 3.8) is 0 Å². The Morgan fingerprint density at radius 2 is 1.89 bits per heavy atom. The van der Waals surface area contributed by atoms with Gasteiger partial charge in [0.15, 0.2) is 6.73 Å². The number of aromatic nitrogens is 2. The molecule has 2 heterocycles. The summed E-state index contributed by atoms with van der Waals surface area (Å²) in [6.45, 7) is 1.34. The van der Waals surface area contributed by atoms with Crippen molar-refractivity contribution in [2.24, 2.45) is 0 Å². The summed E-state index contributed by atoms with van der Waals surface area (Å²) in [5, 5.41) is 0. The molecule has 0 amide bonds. The lowest BCUT2D eigenvalue weighted by Gasteiger charge is -2.28. The fourth-order valence-corrected chi connectivity index (χ4v) is 2.40. The number of rotatable bonds is 1. The Morgan fingerprint density at radius 3 is 2.84 bits per heavy atom. The first-order valence-electron chi connectivity index (χ1n) is 6.30. The number of H-pyrrole nitrogens is 1. The Labute approximate surface area is 110 Å². The first-order valence-corrected chi connectivity index (χ1v) is 6.30. The Kier molecular flexibility index (Phi) is 2.21. The summed E-state index contributed by atoms with van der Waals surface area (Å²) in [4.78, 5) is 10.0. The smallest absolute Gasteiger partial charge is 0.206 e.